The van der Waals surface area contributed by atoms with Crippen LogP contribution in [0.1, 0.15) is 43.2 Å². The van der Waals surface area contributed by atoms with Crippen LogP contribution in [0.5, 0.6) is 0 Å². The van der Waals surface area contributed by atoms with Crippen molar-refractivity contribution in [3.05, 3.63) is 34.8 Å². The highest BCUT2D eigenvalue weighted by Crippen LogP contribution is 2.46. The summed E-state index contributed by atoms with van der Waals surface area (Å²) >= 11 is 1.70. The van der Waals surface area contributed by atoms with Crippen LogP contribution in [0.15, 0.2) is 18.5 Å². The molecular formula is C15H17FN2S. The van der Waals surface area contributed by atoms with E-state index in [9.17, 15) is 4.39 Å². The van der Waals surface area contributed by atoms with Gasteiger partial charge in [0, 0.05) is 16.6 Å². The molecule has 100 valence electrons. The Morgan fingerprint density at radius 2 is 2.21 bits per heavy atom. The third-order valence-corrected chi connectivity index (χ3v) is 5.10. The summed E-state index contributed by atoms with van der Waals surface area (Å²) in [5.41, 5.74) is 1.96. The molecule has 0 aliphatic heterocycles. The zero-order chi connectivity index (χ0) is 13.4. The standard InChI is InChI=1S/C15H17FN2S/c1-3-13-14(9(2)10-4-5-10)19-15(18-13)11-6-12(16)8-17-7-11/h6-10H,3-5H2,1-2H3. The Balaban J connectivity index is 1.98. The van der Waals surface area contributed by atoms with Crippen molar-refractivity contribution >= 4 is 11.3 Å². The molecule has 0 radical (unpaired) electrons. The number of thiazole rings is 1. The predicted molar refractivity (Wildman–Crippen MR) is 75.8 cm³/mol. The second-order valence-electron chi connectivity index (χ2n) is 5.20. The molecule has 0 aromatic carbocycles. The molecule has 1 atom stereocenters. The molecule has 0 bridgehead atoms. The quantitative estimate of drug-likeness (QED) is 0.826. The molecule has 2 heterocycles. The summed E-state index contributed by atoms with van der Waals surface area (Å²) in [6, 6.07) is 1.51. The number of rotatable bonds is 4. The molecule has 2 aromatic rings. The van der Waals surface area contributed by atoms with Gasteiger partial charge in [0.05, 0.1) is 11.9 Å². The highest BCUT2D eigenvalue weighted by Gasteiger charge is 2.31. The molecule has 1 aliphatic rings. The van der Waals surface area contributed by atoms with Crippen LogP contribution in [0.3, 0.4) is 0 Å². The Kier molecular flexibility index (Phi) is 3.35. The Labute approximate surface area is 116 Å². The molecule has 0 N–H and O–H groups in total. The van der Waals surface area contributed by atoms with Gasteiger partial charge < -0.3 is 0 Å². The summed E-state index contributed by atoms with van der Waals surface area (Å²) in [6.45, 7) is 4.42. The third kappa shape index (κ3) is 2.54. The first-order valence-electron chi connectivity index (χ1n) is 6.79. The van der Waals surface area contributed by atoms with Crippen LogP contribution < -0.4 is 0 Å². The number of hydrogen-bond acceptors (Lipinski definition) is 3. The molecular weight excluding hydrogens is 259 g/mol. The third-order valence-electron chi connectivity index (χ3n) is 3.76. The van der Waals surface area contributed by atoms with E-state index in [-0.39, 0.29) is 5.82 Å². The van der Waals surface area contributed by atoms with E-state index >= 15 is 0 Å². The molecule has 0 saturated heterocycles. The van der Waals surface area contributed by atoms with Gasteiger partial charge in [-0.1, -0.05) is 13.8 Å². The Morgan fingerprint density at radius 3 is 2.84 bits per heavy atom. The van der Waals surface area contributed by atoms with Crippen LogP contribution in [-0.2, 0) is 6.42 Å². The molecule has 2 aromatic heterocycles. The molecule has 1 aliphatic carbocycles. The molecule has 1 saturated carbocycles. The number of hydrogen-bond donors (Lipinski definition) is 0. The molecule has 1 unspecified atom stereocenters. The maximum absolute atomic E-state index is 13.3. The highest BCUT2D eigenvalue weighted by molar-refractivity contribution is 7.15. The number of pyridine rings is 1. The predicted octanol–water partition coefficient (Wildman–Crippen LogP) is 4.42. The number of halogens is 1. The van der Waals surface area contributed by atoms with Gasteiger partial charge in [-0.25, -0.2) is 9.37 Å². The first kappa shape index (κ1) is 12.7. The van der Waals surface area contributed by atoms with Crippen LogP contribution in [0.4, 0.5) is 4.39 Å². The van der Waals surface area contributed by atoms with Gasteiger partial charge >= 0.3 is 0 Å². The lowest BCUT2D eigenvalue weighted by Crippen LogP contribution is -1.96. The van der Waals surface area contributed by atoms with Crippen molar-refractivity contribution in [2.75, 3.05) is 0 Å². The maximum atomic E-state index is 13.3. The monoisotopic (exact) mass is 276 g/mol. The fourth-order valence-corrected chi connectivity index (χ4v) is 3.71. The van der Waals surface area contributed by atoms with Crippen molar-refractivity contribution in [2.45, 2.75) is 39.0 Å². The fraction of sp³-hybridized carbons (Fsp3) is 0.467. The molecule has 4 heteroatoms. The van der Waals surface area contributed by atoms with Crippen molar-refractivity contribution in [2.24, 2.45) is 5.92 Å². The van der Waals surface area contributed by atoms with E-state index in [1.165, 1.54) is 35.7 Å². The first-order chi connectivity index (χ1) is 9.19. The van der Waals surface area contributed by atoms with Gasteiger partial charge in [0.15, 0.2) is 0 Å². The van der Waals surface area contributed by atoms with Crippen LogP contribution in [-0.4, -0.2) is 9.97 Å². The lowest BCUT2D eigenvalue weighted by atomic mass is 10.0. The van der Waals surface area contributed by atoms with Crippen molar-refractivity contribution in [1.82, 2.24) is 9.97 Å². The van der Waals surface area contributed by atoms with Gasteiger partial charge in [-0.05, 0) is 37.2 Å². The van der Waals surface area contributed by atoms with E-state index in [1.807, 2.05) is 0 Å². The minimum atomic E-state index is -0.303. The summed E-state index contributed by atoms with van der Waals surface area (Å²) in [5.74, 6) is 1.11. The number of aromatic nitrogens is 2. The van der Waals surface area contributed by atoms with Crippen molar-refractivity contribution < 1.29 is 4.39 Å². The van der Waals surface area contributed by atoms with Crippen LogP contribution in [0.25, 0.3) is 10.6 Å². The number of nitrogens with zero attached hydrogens (tertiary/aromatic N) is 2. The van der Waals surface area contributed by atoms with Gasteiger partial charge in [-0.2, -0.15) is 0 Å². The van der Waals surface area contributed by atoms with Crippen molar-refractivity contribution in [3.8, 4) is 10.6 Å². The lowest BCUT2D eigenvalue weighted by Gasteiger charge is -2.08. The SMILES string of the molecule is CCc1nc(-c2cncc(F)c2)sc1C(C)C1CC1. The minimum Gasteiger partial charge on any atom is -0.261 e. The zero-order valence-corrected chi connectivity index (χ0v) is 12.0. The van der Waals surface area contributed by atoms with Gasteiger partial charge in [0.25, 0.3) is 0 Å². The Morgan fingerprint density at radius 1 is 1.42 bits per heavy atom. The van der Waals surface area contributed by atoms with E-state index < -0.39 is 0 Å². The van der Waals surface area contributed by atoms with Crippen molar-refractivity contribution in [3.63, 3.8) is 0 Å². The van der Waals surface area contributed by atoms with Gasteiger partial charge in [0.1, 0.15) is 10.8 Å². The molecule has 1 fully saturated rings. The molecule has 19 heavy (non-hydrogen) atoms. The summed E-state index contributed by atoms with van der Waals surface area (Å²) in [4.78, 5) is 9.97. The summed E-state index contributed by atoms with van der Waals surface area (Å²) in [5, 5.41) is 0.895. The first-order valence-corrected chi connectivity index (χ1v) is 7.61. The lowest BCUT2D eigenvalue weighted by molar-refractivity contribution is 0.622. The largest absolute Gasteiger partial charge is 0.261 e. The fourth-order valence-electron chi connectivity index (χ4n) is 2.44. The van der Waals surface area contributed by atoms with E-state index in [2.05, 4.69) is 23.8 Å². The smallest absolute Gasteiger partial charge is 0.142 e. The van der Waals surface area contributed by atoms with Crippen molar-refractivity contribution in [1.29, 1.82) is 0 Å². The molecule has 2 nitrogen and oxygen atoms in total. The van der Waals surface area contributed by atoms with E-state index in [1.54, 1.807) is 17.5 Å². The Hall–Kier alpha value is -1.29. The normalized spacial score (nSPS) is 16.6. The summed E-state index contributed by atoms with van der Waals surface area (Å²) < 4.78 is 13.3. The summed E-state index contributed by atoms with van der Waals surface area (Å²) in [7, 11) is 0. The molecule has 0 amide bonds. The van der Waals surface area contributed by atoms with Gasteiger partial charge in [0.2, 0.25) is 0 Å². The minimum absolute atomic E-state index is 0.303. The second kappa shape index (κ2) is 5.00. The van der Waals surface area contributed by atoms with E-state index in [0.29, 0.717) is 5.92 Å². The van der Waals surface area contributed by atoms with Crippen LogP contribution >= 0.6 is 11.3 Å². The van der Waals surface area contributed by atoms with Gasteiger partial charge in [-0.3, -0.25) is 4.98 Å². The van der Waals surface area contributed by atoms with E-state index in [0.717, 1.165) is 22.9 Å². The molecule has 0 spiro atoms. The average molecular weight is 276 g/mol. The average Bonchev–Trinajstić information content (AvgIpc) is 3.17. The topological polar surface area (TPSA) is 25.8 Å². The zero-order valence-electron chi connectivity index (χ0n) is 11.2. The summed E-state index contributed by atoms with van der Waals surface area (Å²) in [6.07, 6.45) is 6.52. The van der Waals surface area contributed by atoms with Gasteiger partial charge in [-0.15, -0.1) is 11.3 Å². The van der Waals surface area contributed by atoms with Crippen LogP contribution in [0.2, 0.25) is 0 Å². The van der Waals surface area contributed by atoms with Crippen LogP contribution in [0, 0.1) is 11.7 Å². The second-order valence-corrected chi connectivity index (χ2v) is 6.23. The number of aryl methyl sites for hydroxylation is 1. The Bertz CT molecular complexity index is 590. The maximum Gasteiger partial charge on any atom is 0.142 e. The highest BCUT2D eigenvalue weighted by atomic mass is 32.1. The molecule has 3 rings (SSSR count). The van der Waals surface area contributed by atoms with E-state index in [4.69, 9.17) is 0 Å².